The summed E-state index contributed by atoms with van der Waals surface area (Å²) in [6.07, 6.45) is 0. The molecule has 0 aliphatic rings. The van der Waals surface area contributed by atoms with Gasteiger partial charge in [0.05, 0.1) is 4.75 Å². The molecule has 2 N–H and O–H groups in total. The summed E-state index contributed by atoms with van der Waals surface area (Å²) in [5, 5.41) is 0. The summed E-state index contributed by atoms with van der Waals surface area (Å²) in [5.74, 6) is 0. The van der Waals surface area contributed by atoms with Crippen LogP contribution in [0.1, 0.15) is 0 Å². The van der Waals surface area contributed by atoms with Gasteiger partial charge in [-0.15, -0.1) is 8.57 Å². The lowest BCUT2D eigenvalue weighted by Gasteiger charge is -2.05. The molecule has 0 rings (SSSR count). The second-order valence-corrected chi connectivity index (χ2v) is 3.50. The van der Waals surface area contributed by atoms with Gasteiger partial charge in [-0.05, 0) is 0 Å². The molecule has 0 radical (unpaired) electrons. The van der Waals surface area contributed by atoms with Crippen LogP contribution >= 0.6 is 11.8 Å². The van der Waals surface area contributed by atoms with E-state index in [1.54, 1.807) is 0 Å². The van der Waals surface area contributed by atoms with Crippen LogP contribution in [0, 0.1) is 0 Å². The molecular formula is H2ClNO8S2. The predicted molar refractivity (Wildman–Crippen MR) is 33.0 cm³/mol. The molecule has 0 aliphatic carbocycles. The van der Waals surface area contributed by atoms with Crippen molar-refractivity contribution < 1.29 is 34.5 Å². The zero-order chi connectivity index (χ0) is 9.99. The first-order valence-electron chi connectivity index (χ1n) is 1.90. The third kappa shape index (κ3) is 8.09. The van der Waals surface area contributed by atoms with E-state index in [4.69, 9.17) is 9.11 Å². The normalized spacial score (nSPS) is 13.7. The third-order valence-electron chi connectivity index (χ3n) is 0.306. The molecule has 0 bridgehead atoms. The number of halogens is 1. The Morgan fingerprint density at radius 2 is 1.25 bits per heavy atom. The molecule has 0 unspecified atom stereocenters. The molecule has 12 heteroatoms. The Morgan fingerprint density at radius 3 is 1.42 bits per heavy atom. The van der Waals surface area contributed by atoms with Gasteiger partial charge in [-0.25, -0.2) is 0 Å². The summed E-state index contributed by atoms with van der Waals surface area (Å²) in [5.41, 5.74) is 0. The maximum atomic E-state index is 9.78. The van der Waals surface area contributed by atoms with Crippen molar-refractivity contribution in [3.63, 3.8) is 0 Å². The van der Waals surface area contributed by atoms with Gasteiger partial charge in [0.1, 0.15) is 0 Å². The topological polar surface area (TPSA) is 130 Å². The van der Waals surface area contributed by atoms with Crippen LogP contribution in [0.5, 0.6) is 0 Å². The van der Waals surface area contributed by atoms with Crippen LogP contribution in [0.15, 0.2) is 0 Å². The number of hydrogen-bond acceptors (Lipinski definition) is 7. The largest absolute Gasteiger partial charge is 0.416 e. The minimum Gasteiger partial charge on any atom is -0.262 e. The van der Waals surface area contributed by atoms with E-state index in [2.05, 4.69) is 20.3 Å². The van der Waals surface area contributed by atoms with Crippen LogP contribution in [0.25, 0.3) is 0 Å². The predicted octanol–water partition coefficient (Wildman–Crippen LogP) is -1.09. The van der Waals surface area contributed by atoms with Crippen molar-refractivity contribution >= 4 is 32.6 Å². The Hall–Kier alpha value is -0.0100. The average molecular weight is 244 g/mol. The molecule has 0 amide bonds. The minimum absolute atomic E-state index is 0.787. The third-order valence-corrected chi connectivity index (χ3v) is 1.25. The van der Waals surface area contributed by atoms with Gasteiger partial charge in [0.2, 0.25) is 0 Å². The maximum absolute atomic E-state index is 9.78. The fourth-order valence-corrected chi connectivity index (χ4v) is 0.983. The van der Waals surface area contributed by atoms with Gasteiger partial charge in [-0.3, -0.25) is 9.11 Å². The molecule has 74 valence electrons. The van der Waals surface area contributed by atoms with Crippen LogP contribution in [0.4, 0.5) is 0 Å². The average Bonchev–Trinajstić information content (AvgIpc) is 1.49. The summed E-state index contributed by atoms with van der Waals surface area (Å²) in [4.78, 5) is 0. The zero-order valence-electron chi connectivity index (χ0n) is 4.99. The van der Waals surface area contributed by atoms with Crippen LogP contribution in [-0.2, 0) is 29.4 Å². The number of rotatable bonds is 4. The van der Waals surface area contributed by atoms with Gasteiger partial charge in [0.15, 0.2) is 0 Å². The van der Waals surface area contributed by atoms with Gasteiger partial charge in [0.25, 0.3) is 0 Å². The molecule has 0 aromatic heterocycles. The lowest BCUT2D eigenvalue weighted by atomic mass is 13.2. The Bertz CT molecular complexity index is 290. The van der Waals surface area contributed by atoms with E-state index >= 15 is 0 Å². The van der Waals surface area contributed by atoms with Crippen molar-refractivity contribution in [3.8, 4) is 0 Å². The van der Waals surface area contributed by atoms with E-state index in [-0.39, 0.29) is 0 Å². The molecule has 0 saturated heterocycles. The first-order chi connectivity index (χ1) is 5.10. The summed E-state index contributed by atoms with van der Waals surface area (Å²) in [6, 6.07) is 0. The molecule has 0 heterocycles. The van der Waals surface area contributed by atoms with Crippen LogP contribution < -0.4 is 0 Å². The second kappa shape index (κ2) is 3.80. The van der Waals surface area contributed by atoms with E-state index in [0.717, 1.165) is 0 Å². The quantitative estimate of drug-likeness (QED) is 0.359. The van der Waals surface area contributed by atoms with E-state index in [1.807, 2.05) is 0 Å². The van der Waals surface area contributed by atoms with Crippen LogP contribution in [-0.4, -0.2) is 30.7 Å². The van der Waals surface area contributed by atoms with Crippen molar-refractivity contribution in [1.82, 2.24) is 4.75 Å². The fourth-order valence-electron chi connectivity index (χ4n) is 0.161. The molecule has 12 heavy (non-hydrogen) atoms. The highest BCUT2D eigenvalue weighted by Crippen LogP contribution is 2.04. The van der Waals surface area contributed by atoms with E-state index < -0.39 is 25.5 Å². The van der Waals surface area contributed by atoms with E-state index in [9.17, 15) is 16.8 Å². The van der Waals surface area contributed by atoms with Gasteiger partial charge >= 0.3 is 20.8 Å². The number of hydrogen-bond donors (Lipinski definition) is 2. The van der Waals surface area contributed by atoms with Crippen LogP contribution in [0.2, 0.25) is 0 Å². The van der Waals surface area contributed by atoms with E-state index in [0.29, 0.717) is 0 Å². The monoisotopic (exact) mass is 243 g/mol. The Balaban J connectivity index is 4.19. The summed E-state index contributed by atoms with van der Waals surface area (Å²) in [7, 11) is -10.0. The summed E-state index contributed by atoms with van der Waals surface area (Å²) < 4.78 is 60.4. The summed E-state index contributed by atoms with van der Waals surface area (Å²) >= 11 is 4.56. The van der Waals surface area contributed by atoms with Gasteiger partial charge in [0, 0.05) is 11.8 Å². The molecule has 9 nitrogen and oxygen atoms in total. The first-order valence-corrected chi connectivity index (χ1v) is 4.97. The SMILES string of the molecule is O=S(=O)(O)ON(Cl)OS(=O)(=O)O. The lowest BCUT2D eigenvalue weighted by Crippen LogP contribution is -2.21. The smallest absolute Gasteiger partial charge is 0.262 e. The Morgan fingerprint density at radius 1 is 1.00 bits per heavy atom. The van der Waals surface area contributed by atoms with Crippen LogP contribution in [0.3, 0.4) is 0 Å². The highest BCUT2D eigenvalue weighted by Gasteiger charge is 2.19. The second-order valence-electron chi connectivity index (χ2n) is 1.22. The van der Waals surface area contributed by atoms with Gasteiger partial charge in [-0.2, -0.15) is 16.8 Å². The highest BCUT2D eigenvalue weighted by atomic mass is 35.5. The Labute approximate surface area is 72.4 Å². The standard InChI is InChI=1S/ClH2NO8S2/c1-2(9-11(3,4)5)10-12(6,7)8/h(H,3,4,5)(H,6,7,8). The van der Waals surface area contributed by atoms with Crippen molar-refractivity contribution in [1.29, 1.82) is 0 Å². The molecule has 0 aromatic carbocycles. The lowest BCUT2D eigenvalue weighted by molar-refractivity contribution is -0.176. The molecule has 0 fully saturated rings. The van der Waals surface area contributed by atoms with Crippen molar-refractivity contribution in [2.75, 3.05) is 0 Å². The molecular weight excluding hydrogens is 242 g/mol. The number of nitrogens with zero attached hydrogens (tertiary/aromatic N) is 1. The molecule has 0 aliphatic heterocycles. The molecule has 0 aromatic rings. The van der Waals surface area contributed by atoms with Crippen molar-refractivity contribution in [3.05, 3.63) is 0 Å². The Kier molecular flexibility index (Phi) is 3.80. The zero-order valence-corrected chi connectivity index (χ0v) is 7.37. The minimum atomic E-state index is -5.00. The van der Waals surface area contributed by atoms with Crippen molar-refractivity contribution in [2.45, 2.75) is 0 Å². The fraction of sp³-hybridized carbons (Fsp3) is 0. The van der Waals surface area contributed by atoms with Crippen molar-refractivity contribution in [2.24, 2.45) is 0 Å². The molecule has 0 atom stereocenters. The summed E-state index contributed by atoms with van der Waals surface area (Å²) in [6.45, 7) is 0. The first kappa shape index (κ1) is 12.0. The van der Waals surface area contributed by atoms with Gasteiger partial charge in [-0.1, -0.05) is 0 Å². The van der Waals surface area contributed by atoms with Gasteiger partial charge < -0.3 is 0 Å². The molecule has 0 spiro atoms. The highest BCUT2D eigenvalue weighted by molar-refractivity contribution is 7.81. The molecule has 0 saturated carbocycles. The maximum Gasteiger partial charge on any atom is 0.416 e. The van der Waals surface area contributed by atoms with E-state index in [1.165, 1.54) is 0 Å².